The third-order valence-corrected chi connectivity index (χ3v) is 4.44. The molecule has 1 aromatic rings. The number of hydrogen-bond acceptors (Lipinski definition) is 3. The number of hydrogen-bond donors (Lipinski definition) is 1. The van der Waals surface area contributed by atoms with Crippen molar-refractivity contribution in [1.82, 2.24) is 10.2 Å². The molecule has 0 radical (unpaired) electrons. The largest absolute Gasteiger partial charge is 0.309 e. The zero-order chi connectivity index (χ0) is 12.4. The second kappa shape index (κ2) is 3.06. The number of carbonyl (C=O) groups is 1. The van der Waals surface area contributed by atoms with Crippen LogP contribution in [0.25, 0.3) is 0 Å². The van der Waals surface area contributed by atoms with E-state index in [1.165, 1.54) is 12.5 Å². The molecule has 0 saturated heterocycles. The van der Waals surface area contributed by atoms with Crippen LogP contribution < -0.4 is 5.32 Å². The minimum absolute atomic E-state index is 0.0918. The third-order valence-electron chi connectivity index (χ3n) is 4.44. The number of fused-ring (bicyclic) bond motifs is 3. The molecular weight excluding hydrogens is 214 g/mol. The Balaban J connectivity index is 2.00. The summed E-state index contributed by atoms with van der Waals surface area (Å²) in [4.78, 5) is 11.1. The maximum atomic E-state index is 11.1. The maximum Gasteiger partial charge on any atom is 0.222 e. The van der Waals surface area contributed by atoms with Crippen LogP contribution >= 0.6 is 0 Å². The zero-order valence-electron chi connectivity index (χ0n) is 10.7. The van der Waals surface area contributed by atoms with Gasteiger partial charge in [0.2, 0.25) is 5.91 Å². The molecule has 0 aliphatic heterocycles. The molecule has 4 nitrogen and oxygen atoms in total. The predicted octanol–water partition coefficient (Wildman–Crippen LogP) is 2.04. The first-order valence-electron chi connectivity index (χ1n) is 6.06. The first kappa shape index (κ1) is 10.7. The monoisotopic (exact) mass is 231 g/mol. The van der Waals surface area contributed by atoms with Crippen LogP contribution in [-0.2, 0) is 11.2 Å². The molecule has 3 rings (SSSR count). The summed E-state index contributed by atoms with van der Waals surface area (Å²) in [5.41, 5.74) is 3.95. The van der Waals surface area contributed by atoms with E-state index in [1.807, 2.05) is 6.92 Å². The average molecular weight is 231 g/mol. The molecule has 1 saturated carbocycles. The predicted molar refractivity (Wildman–Crippen MR) is 64.8 cm³/mol. The Morgan fingerprint density at radius 3 is 2.76 bits per heavy atom. The normalized spacial score (nSPS) is 27.3. The Bertz CT molecular complexity index is 522. The maximum absolute atomic E-state index is 11.1. The molecule has 2 atom stereocenters. The number of aromatic nitrogens is 2. The summed E-state index contributed by atoms with van der Waals surface area (Å²) in [6.45, 7) is 8.11. The zero-order valence-corrected chi connectivity index (χ0v) is 10.7. The van der Waals surface area contributed by atoms with Crippen molar-refractivity contribution in [3.8, 4) is 0 Å². The van der Waals surface area contributed by atoms with Crippen molar-refractivity contribution >= 4 is 11.7 Å². The molecular formula is C13H17N3O. The number of nitrogens with one attached hydrogen (secondary N) is 1. The van der Waals surface area contributed by atoms with E-state index >= 15 is 0 Å². The molecule has 1 N–H and O–H groups in total. The highest BCUT2D eigenvalue weighted by atomic mass is 16.1. The van der Waals surface area contributed by atoms with Crippen LogP contribution in [0.2, 0.25) is 0 Å². The Hall–Kier alpha value is -1.45. The van der Waals surface area contributed by atoms with Crippen LogP contribution in [0.1, 0.15) is 43.5 Å². The molecule has 0 aromatic carbocycles. The van der Waals surface area contributed by atoms with E-state index in [9.17, 15) is 4.79 Å². The molecule has 1 amide bonds. The van der Waals surface area contributed by atoms with E-state index < -0.39 is 0 Å². The lowest BCUT2D eigenvalue weighted by molar-refractivity contribution is -0.114. The van der Waals surface area contributed by atoms with Gasteiger partial charge in [0.15, 0.2) is 5.82 Å². The fourth-order valence-electron chi connectivity index (χ4n) is 3.26. The van der Waals surface area contributed by atoms with Crippen LogP contribution in [0.5, 0.6) is 0 Å². The van der Waals surface area contributed by atoms with Crippen LogP contribution in [0.15, 0.2) is 0 Å². The second-order valence-corrected chi connectivity index (χ2v) is 5.83. The molecule has 17 heavy (non-hydrogen) atoms. The topological polar surface area (TPSA) is 54.9 Å². The molecule has 2 aliphatic carbocycles. The van der Waals surface area contributed by atoms with Gasteiger partial charge in [0.05, 0.1) is 5.69 Å². The molecule has 1 fully saturated rings. The van der Waals surface area contributed by atoms with Crippen LogP contribution in [-0.4, -0.2) is 16.1 Å². The van der Waals surface area contributed by atoms with Gasteiger partial charge in [-0.15, -0.1) is 5.10 Å². The molecule has 1 aromatic heterocycles. The second-order valence-electron chi connectivity index (χ2n) is 5.83. The Morgan fingerprint density at radius 1 is 1.41 bits per heavy atom. The minimum Gasteiger partial charge on any atom is -0.309 e. The van der Waals surface area contributed by atoms with Crippen LogP contribution in [0, 0.1) is 18.3 Å². The van der Waals surface area contributed by atoms with Gasteiger partial charge < -0.3 is 5.32 Å². The van der Waals surface area contributed by atoms with Crippen molar-refractivity contribution in [3.05, 3.63) is 16.8 Å². The number of carbonyl (C=O) groups excluding carboxylic acids is 1. The summed E-state index contributed by atoms with van der Waals surface area (Å²) in [6.07, 6.45) is 1.08. The highest BCUT2D eigenvalue weighted by Gasteiger charge is 2.63. The van der Waals surface area contributed by atoms with Gasteiger partial charge in [-0.25, -0.2) is 0 Å². The quantitative estimate of drug-likeness (QED) is 0.804. The van der Waals surface area contributed by atoms with Gasteiger partial charge in [-0.2, -0.15) is 5.10 Å². The molecule has 90 valence electrons. The molecule has 0 bridgehead atoms. The standard InChI is InChI=1S/C13H17N3O/c1-6-8-5-9-10(13(9,3)4)11(8)15-16-12(6)14-7(2)17/h9-10H,5H2,1-4H3,(H,14,16,17)/t9-,10-/m1/s1. The lowest BCUT2D eigenvalue weighted by Gasteiger charge is -2.14. The van der Waals surface area contributed by atoms with E-state index in [0.717, 1.165) is 23.6 Å². The Morgan fingerprint density at radius 2 is 2.12 bits per heavy atom. The Kier molecular flexibility index (Phi) is 1.92. The SMILES string of the molecule is CC(=O)Nc1nnc2c(c1C)C[C@@H]1[C@H]2C1(C)C. The van der Waals surface area contributed by atoms with E-state index in [2.05, 4.69) is 29.4 Å². The lowest BCUT2D eigenvalue weighted by Crippen LogP contribution is -2.13. The summed E-state index contributed by atoms with van der Waals surface area (Å²) in [5.74, 6) is 1.83. The molecule has 2 aliphatic rings. The van der Waals surface area contributed by atoms with Gasteiger partial charge in [0, 0.05) is 12.8 Å². The first-order chi connectivity index (χ1) is 7.93. The summed E-state index contributed by atoms with van der Waals surface area (Å²) >= 11 is 0. The summed E-state index contributed by atoms with van der Waals surface area (Å²) in [6, 6.07) is 0. The van der Waals surface area contributed by atoms with Crippen molar-refractivity contribution in [2.45, 2.75) is 40.0 Å². The molecule has 1 heterocycles. The highest BCUT2D eigenvalue weighted by Crippen LogP contribution is 2.69. The van der Waals surface area contributed by atoms with Crippen molar-refractivity contribution in [3.63, 3.8) is 0 Å². The fourth-order valence-corrected chi connectivity index (χ4v) is 3.26. The lowest BCUT2D eigenvalue weighted by atomic mass is 9.96. The van der Waals surface area contributed by atoms with Gasteiger partial charge in [0.25, 0.3) is 0 Å². The van der Waals surface area contributed by atoms with Gasteiger partial charge in [-0.05, 0) is 35.8 Å². The summed E-state index contributed by atoms with van der Waals surface area (Å²) < 4.78 is 0. The molecule has 0 spiro atoms. The third kappa shape index (κ3) is 1.33. The van der Waals surface area contributed by atoms with Crippen molar-refractivity contribution in [2.75, 3.05) is 5.32 Å². The number of nitrogens with zero attached hydrogens (tertiary/aromatic N) is 2. The Labute approximate surface area is 101 Å². The van der Waals surface area contributed by atoms with Crippen LogP contribution in [0.4, 0.5) is 5.82 Å². The number of amides is 1. The summed E-state index contributed by atoms with van der Waals surface area (Å²) in [5, 5.41) is 11.2. The summed E-state index contributed by atoms with van der Waals surface area (Å²) in [7, 11) is 0. The molecule has 4 heteroatoms. The highest BCUT2D eigenvalue weighted by molar-refractivity contribution is 5.88. The van der Waals surface area contributed by atoms with Crippen molar-refractivity contribution < 1.29 is 4.79 Å². The first-order valence-corrected chi connectivity index (χ1v) is 6.06. The smallest absolute Gasteiger partial charge is 0.222 e. The fraction of sp³-hybridized carbons (Fsp3) is 0.615. The van der Waals surface area contributed by atoms with Gasteiger partial charge >= 0.3 is 0 Å². The molecule has 0 unspecified atom stereocenters. The van der Waals surface area contributed by atoms with E-state index in [4.69, 9.17) is 0 Å². The van der Waals surface area contributed by atoms with Gasteiger partial charge in [-0.1, -0.05) is 13.8 Å². The average Bonchev–Trinajstić information content (AvgIpc) is 2.61. The van der Waals surface area contributed by atoms with Crippen molar-refractivity contribution in [1.29, 1.82) is 0 Å². The number of rotatable bonds is 1. The van der Waals surface area contributed by atoms with E-state index in [0.29, 0.717) is 17.2 Å². The van der Waals surface area contributed by atoms with E-state index in [1.54, 1.807) is 0 Å². The number of anilines is 1. The van der Waals surface area contributed by atoms with Gasteiger partial charge in [0.1, 0.15) is 0 Å². The van der Waals surface area contributed by atoms with Crippen molar-refractivity contribution in [2.24, 2.45) is 11.3 Å². The van der Waals surface area contributed by atoms with Gasteiger partial charge in [-0.3, -0.25) is 4.79 Å². The van der Waals surface area contributed by atoms with E-state index in [-0.39, 0.29) is 5.91 Å². The van der Waals surface area contributed by atoms with Crippen LogP contribution in [0.3, 0.4) is 0 Å². The minimum atomic E-state index is -0.0918.